The fourth-order valence-electron chi connectivity index (χ4n) is 2.29. The highest BCUT2D eigenvalue weighted by Crippen LogP contribution is 2.21. The van der Waals surface area contributed by atoms with Gasteiger partial charge in [0.2, 0.25) is 0 Å². The van der Waals surface area contributed by atoms with Crippen LogP contribution in [0.2, 0.25) is 0 Å². The van der Waals surface area contributed by atoms with Crippen LogP contribution in [0.5, 0.6) is 0 Å². The first-order chi connectivity index (χ1) is 8.74. The van der Waals surface area contributed by atoms with Gasteiger partial charge in [-0.3, -0.25) is 0 Å². The Labute approximate surface area is 111 Å². The van der Waals surface area contributed by atoms with E-state index >= 15 is 0 Å². The van der Waals surface area contributed by atoms with Crippen LogP contribution in [0.3, 0.4) is 0 Å². The van der Waals surface area contributed by atoms with Gasteiger partial charge in [-0.15, -0.1) is 0 Å². The summed E-state index contributed by atoms with van der Waals surface area (Å²) in [5.41, 5.74) is 2.59. The smallest absolute Gasteiger partial charge is 0.131 e. The van der Waals surface area contributed by atoms with E-state index < -0.39 is 0 Å². The molecule has 0 atom stereocenters. The summed E-state index contributed by atoms with van der Waals surface area (Å²) in [5.74, 6) is 1.15. The van der Waals surface area contributed by atoms with Gasteiger partial charge in [-0.05, 0) is 50.3 Å². The molecule has 1 aromatic heterocycles. The normalized spacial score (nSPS) is 14.8. The van der Waals surface area contributed by atoms with Crippen LogP contribution >= 0.6 is 0 Å². The molecule has 2 rings (SSSR count). The lowest BCUT2D eigenvalue weighted by Gasteiger charge is -2.23. The lowest BCUT2D eigenvalue weighted by molar-refractivity contribution is 0.684. The number of rotatable bonds is 7. The van der Waals surface area contributed by atoms with Gasteiger partial charge in [-0.25, -0.2) is 4.98 Å². The van der Waals surface area contributed by atoms with Crippen LogP contribution in [0, 0.1) is 6.92 Å². The van der Waals surface area contributed by atoms with E-state index in [4.69, 9.17) is 0 Å². The second-order valence-corrected chi connectivity index (χ2v) is 5.22. The monoisotopic (exact) mass is 247 g/mol. The summed E-state index contributed by atoms with van der Waals surface area (Å²) in [5, 5.41) is 3.53. The zero-order chi connectivity index (χ0) is 13.0. The zero-order valence-corrected chi connectivity index (χ0v) is 11.9. The lowest BCUT2D eigenvalue weighted by Crippen LogP contribution is -2.25. The molecule has 0 unspecified atom stereocenters. The minimum atomic E-state index is 0.761. The quantitative estimate of drug-likeness (QED) is 0.803. The molecule has 0 bridgehead atoms. The van der Waals surface area contributed by atoms with Crippen LogP contribution in [-0.2, 0) is 6.54 Å². The Kier molecular flexibility index (Phi) is 4.59. The van der Waals surface area contributed by atoms with E-state index in [2.05, 4.69) is 42.0 Å². The summed E-state index contributed by atoms with van der Waals surface area (Å²) in [6.07, 6.45) is 5.87. The maximum atomic E-state index is 4.65. The molecule has 1 aliphatic carbocycles. The van der Waals surface area contributed by atoms with Crippen LogP contribution < -0.4 is 10.2 Å². The summed E-state index contributed by atoms with van der Waals surface area (Å²) >= 11 is 0. The van der Waals surface area contributed by atoms with Gasteiger partial charge in [-0.2, -0.15) is 0 Å². The summed E-state index contributed by atoms with van der Waals surface area (Å²) in [6, 6.07) is 3.04. The SMILES string of the molecule is CCCN(CC)c1ncc(CNC2CC2)cc1C. The third-order valence-corrected chi connectivity index (χ3v) is 3.45. The predicted octanol–water partition coefficient (Wildman–Crippen LogP) is 2.88. The molecule has 0 spiro atoms. The molecule has 3 nitrogen and oxygen atoms in total. The molecule has 0 amide bonds. The molecule has 100 valence electrons. The lowest BCUT2D eigenvalue weighted by atomic mass is 10.2. The van der Waals surface area contributed by atoms with Gasteiger partial charge in [0.1, 0.15) is 5.82 Å². The zero-order valence-electron chi connectivity index (χ0n) is 11.9. The topological polar surface area (TPSA) is 28.2 Å². The van der Waals surface area contributed by atoms with E-state index in [-0.39, 0.29) is 0 Å². The van der Waals surface area contributed by atoms with Gasteiger partial charge in [0, 0.05) is 31.9 Å². The fraction of sp³-hybridized carbons (Fsp3) is 0.667. The molecule has 3 heteroatoms. The minimum Gasteiger partial charge on any atom is -0.357 e. The van der Waals surface area contributed by atoms with E-state index in [0.29, 0.717) is 0 Å². The Morgan fingerprint density at radius 1 is 1.39 bits per heavy atom. The summed E-state index contributed by atoms with van der Waals surface area (Å²) in [7, 11) is 0. The van der Waals surface area contributed by atoms with Crippen LogP contribution in [0.1, 0.15) is 44.2 Å². The number of aryl methyl sites for hydroxylation is 1. The van der Waals surface area contributed by atoms with E-state index in [0.717, 1.165) is 31.5 Å². The van der Waals surface area contributed by atoms with Crippen molar-refractivity contribution in [1.82, 2.24) is 10.3 Å². The second kappa shape index (κ2) is 6.19. The molecule has 0 radical (unpaired) electrons. The van der Waals surface area contributed by atoms with E-state index in [1.807, 2.05) is 6.20 Å². The van der Waals surface area contributed by atoms with Crippen molar-refractivity contribution in [2.45, 2.75) is 52.6 Å². The molecule has 0 aliphatic heterocycles. The van der Waals surface area contributed by atoms with E-state index in [9.17, 15) is 0 Å². The average molecular weight is 247 g/mol. The number of pyridine rings is 1. The van der Waals surface area contributed by atoms with Crippen molar-refractivity contribution in [2.24, 2.45) is 0 Å². The molecule has 0 aromatic carbocycles. The maximum absolute atomic E-state index is 4.65. The number of nitrogens with zero attached hydrogens (tertiary/aromatic N) is 2. The molecular formula is C15H25N3. The maximum Gasteiger partial charge on any atom is 0.131 e. The van der Waals surface area contributed by atoms with Crippen LogP contribution in [0.25, 0.3) is 0 Å². The Morgan fingerprint density at radius 2 is 2.17 bits per heavy atom. The molecule has 1 heterocycles. The fourth-order valence-corrected chi connectivity index (χ4v) is 2.29. The van der Waals surface area contributed by atoms with Gasteiger partial charge in [0.05, 0.1) is 0 Å². The molecule has 0 saturated heterocycles. The predicted molar refractivity (Wildman–Crippen MR) is 77.0 cm³/mol. The first kappa shape index (κ1) is 13.3. The van der Waals surface area contributed by atoms with Crippen molar-refractivity contribution in [2.75, 3.05) is 18.0 Å². The van der Waals surface area contributed by atoms with Crippen LogP contribution in [0.15, 0.2) is 12.3 Å². The summed E-state index contributed by atoms with van der Waals surface area (Å²) in [6.45, 7) is 9.65. The van der Waals surface area contributed by atoms with Gasteiger partial charge in [0.25, 0.3) is 0 Å². The first-order valence-electron chi connectivity index (χ1n) is 7.18. The second-order valence-electron chi connectivity index (χ2n) is 5.22. The van der Waals surface area contributed by atoms with Gasteiger partial charge in [-0.1, -0.05) is 6.92 Å². The van der Waals surface area contributed by atoms with Gasteiger partial charge < -0.3 is 10.2 Å². The van der Waals surface area contributed by atoms with Crippen molar-refractivity contribution < 1.29 is 0 Å². The minimum absolute atomic E-state index is 0.761. The number of nitrogens with one attached hydrogen (secondary N) is 1. The molecule has 1 fully saturated rings. The Bertz CT molecular complexity index is 385. The molecule has 1 aliphatic rings. The third kappa shape index (κ3) is 3.45. The summed E-state index contributed by atoms with van der Waals surface area (Å²) < 4.78 is 0. The number of hydrogen-bond acceptors (Lipinski definition) is 3. The van der Waals surface area contributed by atoms with Crippen molar-refractivity contribution in [3.63, 3.8) is 0 Å². The molecular weight excluding hydrogens is 222 g/mol. The van der Waals surface area contributed by atoms with Crippen molar-refractivity contribution in [3.05, 3.63) is 23.4 Å². The number of aromatic nitrogens is 1. The molecule has 1 aromatic rings. The Hall–Kier alpha value is -1.09. The molecule has 1 saturated carbocycles. The van der Waals surface area contributed by atoms with Gasteiger partial charge in [0.15, 0.2) is 0 Å². The Balaban J connectivity index is 2.02. The van der Waals surface area contributed by atoms with E-state index in [1.165, 1.54) is 30.4 Å². The highest BCUT2D eigenvalue weighted by atomic mass is 15.2. The third-order valence-electron chi connectivity index (χ3n) is 3.45. The van der Waals surface area contributed by atoms with Gasteiger partial charge >= 0.3 is 0 Å². The van der Waals surface area contributed by atoms with E-state index in [1.54, 1.807) is 0 Å². The van der Waals surface area contributed by atoms with Crippen molar-refractivity contribution in [1.29, 1.82) is 0 Å². The first-order valence-corrected chi connectivity index (χ1v) is 7.18. The standard InChI is InChI=1S/C15H25N3/c1-4-8-18(5-2)15-12(3)9-13(11-17-15)10-16-14-6-7-14/h9,11,14,16H,4-8,10H2,1-3H3. The number of anilines is 1. The highest BCUT2D eigenvalue weighted by Gasteiger charge is 2.20. The average Bonchev–Trinajstić information content (AvgIpc) is 3.18. The van der Waals surface area contributed by atoms with Crippen LogP contribution in [0.4, 0.5) is 5.82 Å². The molecule has 18 heavy (non-hydrogen) atoms. The Morgan fingerprint density at radius 3 is 2.72 bits per heavy atom. The van der Waals surface area contributed by atoms with Crippen molar-refractivity contribution in [3.8, 4) is 0 Å². The highest BCUT2D eigenvalue weighted by molar-refractivity contribution is 5.47. The summed E-state index contributed by atoms with van der Waals surface area (Å²) in [4.78, 5) is 7.01. The van der Waals surface area contributed by atoms with Crippen molar-refractivity contribution >= 4 is 5.82 Å². The largest absolute Gasteiger partial charge is 0.357 e. The number of hydrogen-bond donors (Lipinski definition) is 1. The molecule has 1 N–H and O–H groups in total. The van der Waals surface area contributed by atoms with Crippen LogP contribution in [-0.4, -0.2) is 24.1 Å².